The zero-order valence-corrected chi connectivity index (χ0v) is 13.6. The van der Waals surface area contributed by atoms with Crippen LogP contribution in [0.25, 0.3) is 5.65 Å². The Labute approximate surface area is 132 Å². The molecule has 0 bridgehead atoms. The van der Waals surface area contributed by atoms with Crippen LogP contribution in [0.2, 0.25) is 0 Å². The molecule has 0 aliphatic rings. The Morgan fingerprint density at radius 3 is 2.90 bits per heavy atom. The second-order valence-corrected chi connectivity index (χ2v) is 5.79. The first-order chi connectivity index (χ1) is 9.67. The summed E-state index contributed by atoms with van der Waals surface area (Å²) >= 11 is 6.88. The number of nitrogens with zero attached hydrogens (tertiary/aromatic N) is 3. The molecule has 102 valence electrons. The summed E-state index contributed by atoms with van der Waals surface area (Å²) < 4.78 is 9.55. The van der Waals surface area contributed by atoms with Gasteiger partial charge in [0.25, 0.3) is 5.88 Å². The quantitative estimate of drug-likeness (QED) is 0.723. The van der Waals surface area contributed by atoms with E-state index >= 15 is 0 Å². The third kappa shape index (κ3) is 2.51. The van der Waals surface area contributed by atoms with E-state index in [1.54, 1.807) is 6.20 Å². The van der Waals surface area contributed by atoms with E-state index in [4.69, 9.17) is 4.74 Å². The highest BCUT2D eigenvalue weighted by molar-refractivity contribution is 9.11. The molecule has 7 heteroatoms. The Morgan fingerprint density at radius 2 is 2.15 bits per heavy atom. The van der Waals surface area contributed by atoms with Crippen molar-refractivity contribution < 1.29 is 4.74 Å². The fourth-order valence-corrected chi connectivity index (χ4v) is 2.88. The molecule has 3 rings (SSSR count). The van der Waals surface area contributed by atoms with Gasteiger partial charge in [-0.2, -0.15) is 4.98 Å². The lowest BCUT2D eigenvalue weighted by atomic mass is 10.3. The summed E-state index contributed by atoms with van der Waals surface area (Å²) in [5.41, 5.74) is 0.666. The second kappa shape index (κ2) is 5.41. The molecule has 0 aliphatic carbocycles. The Kier molecular flexibility index (Phi) is 3.62. The van der Waals surface area contributed by atoms with E-state index in [1.165, 1.54) is 0 Å². The lowest BCUT2D eigenvalue weighted by molar-refractivity contribution is 0.463. The first-order valence-corrected chi connectivity index (χ1v) is 7.40. The lowest BCUT2D eigenvalue weighted by Gasteiger charge is -2.10. The number of imidazole rings is 1. The maximum Gasteiger partial charge on any atom is 0.265 e. The highest BCUT2D eigenvalue weighted by atomic mass is 79.9. The van der Waals surface area contributed by atoms with Crippen molar-refractivity contribution in [3.63, 3.8) is 0 Å². The van der Waals surface area contributed by atoms with Crippen LogP contribution in [0.15, 0.2) is 45.7 Å². The van der Waals surface area contributed by atoms with Gasteiger partial charge in [0.2, 0.25) is 5.65 Å². The summed E-state index contributed by atoms with van der Waals surface area (Å²) in [6.45, 7) is 0. The molecule has 0 spiro atoms. The van der Waals surface area contributed by atoms with Crippen molar-refractivity contribution in [2.45, 2.75) is 0 Å². The van der Waals surface area contributed by atoms with Crippen LogP contribution < -0.4 is 10.1 Å². The molecule has 0 fully saturated rings. The van der Waals surface area contributed by atoms with Gasteiger partial charge in [-0.15, -0.1) is 0 Å². The molecule has 0 saturated carbocycles. The van der Waals surface area contributed by atoms with Crippen LogP contribution in [0.4, 0.5) is 5.82 Å². The zero-order valence-electron chi connectivity index (χ0n) is 10.5. The molecule has 2 heterocycles. The van der Waals surface area contributed by atoms with Crippen LogP contribution in [0.5, 0.6) is 11.6 Å². The maximum atomic E-state index is 5.88. The summed E-state index contributed by atoms with van der Waals surface area (Å²) in [5.74, 6) is 1.84. The van der Waals surface area contributed by atoms with E-state index in [0.717, 1.165) is 8.95 Å². The molecule has 1 aromatic carbocycles. The van der Waals surface area contributed by atoms with Gasteiger partial charge in [0.1, 0.15) is 11.6 Å². The molecule has 0 saturated heterocycles. The van der Waals surface area contributed by atoms with Crippen LogP contribution in [-0.2, 0) is 0 Å². The van der Waals surface area contributed by atoms with Crippen molar-refractivity contribution in [1.29, 1.82) is 0 Å². The number of aromatic nitrogens is 3. The zero-order chi connectivity index (χ0) is 14.1. The third-order valence-corrected chi connectivity index (χ3v) is 3.81. The van der Waals surface area contributed by atoms with Gasteiger partial charge in [0, 0.05) is 23.9 Å². The van der Waals surface area contributed by atoms with Gasteiger partial charge in [-0.1, -0.05) is 15.9 Å². The number of hydrogen-bond acceptors (Lipinski definition) is 4. The first-order valence-electron chi connectivity index (χ1n) is 5.82. The summed E-state index contributed by atoms with van der Waals surface area (Å²) in [6, 6.07) is 5.69. The average Bonchev–Trinajstić information content (AvgIpc) is 2.90. The fourth-order valence-electron chi connectivity index (χ4n) is 1.75. The van der Waals surface area contributed by atoms with Gasteiger partial charge in [-0.25, -0.2) is 4.98 Å². The standard InChI is InChI=1S/C13H10Br2N4O/c1-16-11-7-19-5-4-17-12(19)13(18-11)20-10-3-2-8(14)6-9(10)15/h2-7,16H,1H3. The van der Waals surface area contributed by atoms with E-state index in [-0.39, 0.29) is 0 Å². The number of fused-ring (bicyclic) bond motifs is 1. The number of nitrogens with one attached hydrogen (secondary N) is 1. The summed E-state index contributed by atoms with van der Waals surface area (Å²) in [7, 11) is 1.81. The highest BCUT2D eigenvalue weighted by Crippen LogP contribution is 2.33. The SMILES string of the molecule is CNc1cn2ccnc2c(Oc2ccc(Br)cc2Br)n1. The smallest absolute Gasteiger partial charge is 0.265 e. The number of halogens is 2. The lowest BCUT2D eigenvalue weighted by Crippen LogP contribution is -1.99. The molecule has 1 N–H and O–H groups in total. The molecular weight excluding hydrogens is 388 g/mol. The topological polar surface area (TPSA) is 51.5 Å². The molecule has 20 heavy (non-hydrogen) atoms. The molecule has 2 aromatic heterocycles. The number of anilines is 1. The second-order valence-electron chi connectivity index (χ2n) is 4.02. The summed E-state index contributed by atoms with van der Waals surface area (Å²) in [5, 5.41) is 3.00. The minimum absolute atomic E-state index is 0.449. The van der Waals surface area contributed by atoms with Crippen molar-refractivity contribution in [2.24, 2.45) is 0 Å². The maximum absolute atomic E-state index is 5.88. The van der Waals surface area contributed by atoms with Gasteiger partial charge < -0.3 is 10.1 Å². The van der Waals surface area contributed by atoms with Crippen molar-refractivity contribution in [1.82, 2.24) is 14.4 Å². The van der Waals surface area contributed by atoms with Crippen molar-refractivity contribution >= 4 is 43.3 Å². The van der Waals surface area contributed by atoms with Crippen LogP contribution in [0.3, 0.4) is 0 Å². The molecular formula is C13H10Br2N4O. The molecule has 0 atom stereocenters. The average molecular weight is 398 g/mol. The van der Waals surface area contributed by atoms with Crippen LogP contribution >= 0.6 is 31.9 Å². The predicted octanol–water partition coefficient (Wildman–Crippen LogP) is 4.09. The van der Waals surface area contributed by atoms with Gasteiger partial charge in [-0.3, -0.25) is 4.40 Å². The minimum Gasteiger partial charge on any atom is -0.435 e. The number of ether oxygens (including phenoxy) is 1. The van der Waals surface area contributed by atoms with Gasteiger partial charge in [0.15, 0.2) is 0 Å². The normalized spacial score (nSPS) is 10.8. The molecule has 0 aliphatic heterocycles. The van der Waals surface area contributed by atoms with Crippen LogP contribution in [-0.4, -0.2) is 21.4 Å². The predicted molar refractivity (Wildman–Crippen MR) is 84.4 cm³/mol. The van der Waals surface area contributed by atoms with Gasteiger partial charge >= 0.3 is 0 Å². The van der Waals surface area contributed by atoms with E-state index in [0.29, 0.717) is 23.1 Å². The van der Waals surface area contributed by atoms with Crippen LogP contribution in [0, 0.1) is 0 Å². The van der Waals surface area contributed by atoms with E-state index in [1.807, 2.05) is 42.0 Å². The molecule has 5 nitrogen and oxygen atoms in total. The minimum atomic E-state index is 0.449. The molecule has 3 aromatic rings. The Hall–Kier alpha value is -1.60. The van der Waals surface area contributed by atoms with E-state index in [2.05, 4.69) is 47.1 Å². The van der Waals surface area contributed by atoms with Gasteiger partial charge in [0.05, 0.1) is 10.7 Å². The number of benzene rings is 1. The van der Waals surface area contributed by atoms with Crippen molar-refractivity contribution in [3.8, 4) is 11.6 Å². The van der Waals surface area contributed by atoms with E-state index < -0.39 is 0 Å². The fraction of sp³-hybridized carbons (Fsp3) is 0.0769. The monoisotopic (exact) mass is 396 g/mol. The Balaban J connectivity index is 2.07. The summed E-state index contributed by atoms with van der Waals surface area (Å²) in [6.07, 6.45) is 5.41. The number of rotatable bonds is 3. The largest absolute Gasteiger partial charge is 0.435 e. The van der Waals surface area contributed by atoms with Crippen molar-refractivity contribution in [3.05, 3.63) is 45.7 Å². The first kappa shape index (κ1) is 13.4. The van der Waals surface area contributed by atoms with Crippen molar-refractivity contribution in [2.75, 3.05) is 12.4 Å². The van der Waals surface area contributed by atoms with Gasteiger partial charge in [-0.05, 0) is 34.1 Å². The Bertz CT molecular complexity index is 772. The highest BCUT2D eigenvalue weighted by Gasteiger charge is 2.11. The third-order valence-electron chi connectivity index (χ3n) is 2.70. The van der Waals surface area contributed by atoms with E-state index in [9.17, 15) is 0 Å². The Morgan fingerprint density at radius 1 is 1.30 bits per heavy atom. The number of hydrogen-bond donors (Lipinski definition) is 1. The molecule has 0 amide bonds. The molecule has 0 unspecified atom stereocenters. The molecule has 0 radical (unpaired) electrons. The summed E-state index contributed by atoms with van der Waals surface area (Å²) in [4.78, 5) is 8.66. The van der Waals surface area contributed by atoms with Crippen LogP contribution in [0.1, 0.15) is 0 Å².